The van der Waals surface area contributed by atoms with Crippen molar-refractivity contribution >= 4 is 15.9 Å². The molecule has 1 heterocycles. The molecule has 1 aliphatic heterocycles. The van der Waals surface area contributed by atoms with Crippen molar-refractivity contribution in [2.45, 2.75) is 12.2 Å². The smallest absolute Gasteiger partial charge is 0.407 e. The van der Waals surface area contributed by atoms with Crippen molar-refractivity contribution in [3.05, 3.63) is 22.2 Å². The van der Waals surface area contributed by atoms with Crippen molar-refractivity contribution in [3.8, 4) is 11.5 Å². The largest absolute Gasteiger partial charge is 0.486 e. The second kappa shape index (κ2) is 4.38. The van der Waals surface area contributed by atoms with Crippen LogP contribution in [0.25, 0.3) is 0 Å². The molecular formula is C10H9BrF3NO2. The van der Waals surface area contributed by atoms with Gasteiger partial charge in [-0.2, -0.15) is 13.2 Å². The number of nitrogens with two attached hydrogens (primary N) is 1. The Kier molecular flexibility index (Phi) is 3.22. The van der Waals surface area contributed by atoms with E-state index in [2.05, 4.69) is 15.9 Å². The maximum atomic E-state index is 12.5. The maximum absolute atomic E-state index is 12.5. The van der Waals surface area contributed by atoms with Crippen LogP contribution in [0.2, 0.25) is 0 Å². The molecule has 2 rings (SSSR count). The van der Waals surface area contributed by atoms with Gasteiger partial charge in [0.25, 0.3) is 0 Å². The van der Waals surface area contributed by atoms with E-state index in [1.807, 2.05) is 0 Å². The first-order chi connectivity index (χ1) is 7.89. The quantitative estimate of drug-likeness (QED) is 0.867. The van der Waals surface area contributed by atoms with Crippen LogP contribution in [0.4, 0.5) is 13.2 Å². The number of alkyl halides is 3. The first-order valence-corrected chi connectivity index (χ1v) is 5.60. The van der Waals surface area contributed by atoms with Crippen molar-refractivity contribution in [2.24, 2.45) is 5.73 Å². The summed E-state index contributed by atoms with van der Waals surface area (Å²) in [7, 11) is 0. The molecule has 0 aromatic heterocycles. The van der Waals surface area contributed by atoms with E-state index in [0.717, 1.165) is 0 Å². The van der Waals surface area contributed by atoms with Crippen molar-refractivity contribution in [3.63, 3.8) is 0 Å². The highest BCUT2D eigenvalue weighted by Crippen LogP contribution is 2.41. The molecule has 1 atom stereocenters. The summed E-state index contributed by atoms with van der Waals surface area (Å²) in [5, 5.41) is 0. The summed E-state index contributed by atoms with van der Waals surface area (Å²) in [6.07, 6.45) is -4.49. The van der Waals surface area contributed by atoms with E-state index in [-0.39, 0.29) is 15.8 Å². The zero-order valence-corrected chi connectivity index (χ0v) is 10.1. The number of benzene rings is 1. The van der Waals surface area contributed by atoms with Crippen LogP contribution < -0.4 is 15.2 Å². The third-order valence-electron chi connectivity index (χ3n) is 2.35. The van der Waals surface area contributed by atoms with Crippen molar-refractivity contribution in [2.75, 3.05) is 13.2 Å². The Hall–Kier alpha value is -0.950. The highest BCUT2D eigenvalue weighted by molar-refractivity contribution is 9.10. The lowest BCUT2D eigenvalue weighted by molar-refractivity contribution is -0.149. The SMILES string of the molecule is NC(c1cc2c(cc1Br)OCCO2)C(F)(F)F. The highest BCUT2D eigenvalue weighted by Gasteiger charge is 2.39. The molecule has 0 spiro atoms. The van der Waals surface area contributed by atoms with Gasteiger partial charge in [0.15, 0.2) is 11.5 Å². The lowest BCUT2D eigenvalue weighted by atomic mass is 10.1. The minimum atomic E-state index is -4.49. The van der Waals surface area contributed by atoms with Gasteiger partial charge in [-0.3, -0.25) is 0 Å². The van der Waals surface area contributed by atoms with Crippen molar-refractivity contribution in [1.29, 1.82) is 0 Å². The number of hydrogen-bond donors (Lipinski definition) is 1. The molecular weight excluding hydrogens is 303 g/mol. The van der Waals surface area contributed by atoms with E-state index >= 15 is 0 Å². The highest BCUT2D eigenvalue weighted by atomic mass is 79.9. The van der Waals surface area contributed by atoms with E-state index in [9.17, 15) is 13.2 Å². The van der Waals surface area contributed by atoms with Crippen LogP contribution in [0.5, 0.6) is 11.5 Å². The fourth-order valence-electron chi connectivity index (χ4n) is 1.49. The summed E-state index contributed by atoms with van der Waals surface area (Å²) in [4.78, 5) is 0. The second-order valence-corrected chi connectivity index (χ2v) is 4.39. The Bertz CT molecular complexity index is 436. The monoisotopic (exact) mass is 311 g/mol. The van der Waals surface area contributed by atoms with Crippen molar-refractivity contribution in [1.82, 2.24) is 0 Å². The van der Waals surface area contributed by atoms with Gasteiger partial charge in [0.2, 0.25) is 0 Å². The van der Waals surface area contributed by atoms with Gasteiger partial charge >= 0.3 is 6.18 Å². The third kappa shape index (κ3) is 2.50. The van der Waals surface area contributed by atoms with E-state index < -0.39 is 12.2 Å². The molecule has 0 aliphatic carbocycles. The molecule has 1 aromatic rings. The van der Waals surface area contributed by atoms with Crippen LogP contribution >= 0.6 is 15.9 Å². The molecule has 0 saturated carbocycles. The summed E-state index contributed by atoms with van der Waals surface area (Å²) < 4.78 is 48.3. The predicted molar refractivity (Wildman–Crippen MR) is 58.1 cm³/mol. The molecule has 1 unspecified atom stereocenters. The van der Waals surface area contributed by atoms with Gasteiger partial charge in [-0.15, -0.1) is 0 Å². The molecule has 0 radical (unpaired) electrons. The molecule has 1 aliphatic rings. The van der Waals surface area contributed by atoms with Gasteiger partial charge < -0.3 is 15.2 Å². The molecule has 0 bridgehead atoms. The fourth-order valence-corrected chi connectivity index (χ4v) is 2.06. The van der Waals surface area contributed by atoms with E-state index in [1.165, 1.54) is 12.1 Å². The number of ether oxygens (including phenoxy) is 2. The van der Waals surface area contributed by atoms with Crippen LogP contribution in [-0.2, 0) is 0 Å². The van der Waals surface area contributed by atoms with Gasteiger partial charge in [-0.1, -0.05) is 15.9 Å². The van der Waals surface area contributed by atoms with Gasteiger partial charge in [0, 0.05) is 4.47 Å². The van der Waals surface area contributed by atoms with Crippen molar-refractivity contribution < 1.29 is 22.6 Å². The lowest BCUT2D eigenvalue weighted by Crippen LogP contribution is -2.29. The van der Waals surface area contributed by atoms with Crippen LogP contribution in [0.3, 0.4) is 0 Å². The first-order valence-electron chi connectivity index (χ1n) is 4.81. The Morgan fingerprint density at radius 3 is 2.24 bits per heavy atom. The zero-order valence-electron chi connectivity index (χ0n) is 8.55. The van der Waals surface area contributed by atoms with Crippen LogP contribution in [0, 0.1) is 0 Å². The van der Waals surface area contributed by atoms with Gasteiger partial charge in [0.1, 0.15) is 19.3 Å². The van der Waals surface area contributed by atoms with E-state index in [0.29, 0.717) is 19.0 Å². The summed E-state index contributed by atoms with van der Waals surface area (Å²) in [5.41, 5.74) is 5.09. The molecule has 94 valence electrons. The zero-order chi connectivity index (χ0) is 12.6. The average Bonchev–Trinajstić information content (AvgIpc) is 2.26. The normalized spacial score (nSPS) is 16.8. The molecule has 3 nitrogen and oxygen atoms in total. The molecule has 0 amide bonds. The fraction of sp³-hybridized carbons (Fsp3) is 0.400. The van der Waals surface area contributed by atoms with Gasteiger partial charge in [-0.25, -0.2) is 0 Å². The van der Waals surface area contributed by atoms with E-state index in [1.54, 1.807) is 0 Å². The standard InChI is InChI=1S/C10H9BrF3NO2/c11-6-4-8-7(16-1-2-17-8)3-5(6)9(15)10(12,13)14/h3-4,9H,1-2,15H2. The Labute approximate surface area is 104 Å². The molecule has 2 N–H and O–H groups in total. The summed E-state index contributed by atoms with van der Waals surface area (Å²) in [5.74, 6) is 0.704. The van der Waals surface area contributed by atoms with Gasteiger partial charge in [-0.05, 0) is 17.7 Å². The van der Waals surface area contributed by atoms with Crippen LogP contribution in [-0.4, -0.2) is 19.4 Å². The molecule has 0 saturated heterocycles. The molecule has 17 heavy (non-hydrogen) atoms. The molecule has 7 heteroatoms. The minimum Gasteiger partial charge on any atom is -0.486 e. The summed E-state index contributed by atoms with van der Waals surface area (Å²) in [6.45, 7) is 0.694. The summed E-state index contributed by atoms with van der Waals surface area (Å²) in [6, 6.07) is 0.652. The average molecular weight is 312 g/mol. The van der Waals surface area contributed by atoms with E-state index in [4.69, 9.17) is 15.2 Å². The number of fused-ring (bicyclic) bond motifs is 1. The maximum Gasteiger partial charge on any atom is 0.407 e. The van der Waals surface area contributed by atoms with Crippen LogP contribution in [0.1, 0.15) is 11.6 Å². The van der Waals surface area contributed by atoms with Gasteiger partial charge in [0.05, 0.1) is 0 Å². The molecule has 0 fully saturated rings. The lowest BCUT2D eigenvalue weighted by Gasteiger charge is -2.22. The summed E-state index contributed by atoms with van der Waals surface area (Å²) >= 11 is 3.05. The Morgan fingerprint density at radius 1 is 1.18 bits per heavy atom. The first kappa shape index (κ1) is 12.5. The minimum absolute atomic E-state index is 0.0678. The number of rotatable bonds is 1. The third-order valence-corrected chi connectivity index (χ3v) is 3.04. The second-order valence-electron chi connectivity index (χ2n) is 3.54. The predicted octanol–water partition coefficient (Wildman–Crippen LogP) is 2.78. The Balaban J connectivity index is 2.41. The Morgan fingerprint density at radius 2 is 1.71 bits per heavy atom. The number of hydrogen-bond acceptors (Lipinski definition) is 3. The van der Waals surface area contributed by atoms with Crippen LogP contribution in [0.15, 0.2) is 16.6 Å². The number of halogens is 4. The topological polar surface area (TPSA) is 44.5 Å². The molecule has 1 aromatic carbocycles.